The average Bonchev–Trinajstić information content (AvgIpc) is 2.88. The lowest BCUT2D eigenvalue weighted by Crippen LogP contribution is -2.39. The zero-order valence-corrected chi connectivity index (χ0v) is 13.1. The highest BCUT2D eigenvalue weighted by Crippen LogP contribution is 2.21. The molecule has 22 heavy (non-hydrogen) atoms. The molecule has 0 amide bonds. The Morgan fingerprint density at radius 3 is 2.73 bits per heavy atom. The molecule has 0 spiro atoms. The molecule has 1 aliphatic rings. The van der Waals surface area contributed by atoms with E-state index >= 15 is 0 Å². The maximum atomic E-state index is 11.2. The minimum Gasteiger partial charge on any atom is -0.390 e. The molecule has 1 aromatic carbocycles. The van der Waals surface area contributed by atoms with E-state index in [9.17, 15) is 9.90 Å². The summed E-state index contributed by atoms with van der Waals surface area (Å²) < 4.78 is 2.00. The summed E-state index contributed by atoms with van der Waals surface area (Å²) in [4.78, 5) is 13.5. The first kappa shape index (κ1) is 15.3. The fourth-order valence-corrected chi connectivity index (χ4v) is 3.35. The number of nitrogens with zero attached hydrogens (tertiary/aromatic N) is 2. The van der Waals surface area contributed by atoms with Gasteiger partial charge in [-0.2, -0.15) is 0 Å². The molecule has 4 heteroatoms. The number of rotatable bonds is 5. The number of aliphatic hydroxyl groups is 1. The molecular formula is C18H24N2O2. The fourth-order valence-electron chi connectivity index (χ4n) is 3.35. The summed E-state index contributed by atoms with van der Waals surface area (Å²) in [6, 6.07) is 7.85. The second-order valence-electron chi connectivity index (χ2n) is 6.51. The molecule has 1 saturated heterocycles. The van der Waals surface area contributed by atoms with Crippen LogP contribution in [0, 0.1) is 5.92 Å². The number of para-hydroxylation sites is 1. The molecule has 118 valence electrons. The van der Waals surface area contributed by atoms with Crippen LogP contribution in [0.2, 0.25) is 0 Å². The number of aromatic nitrogens is 1. The standard InChI is InChI=1S/C18H24N2O2/c1-14-6-8-19(9-7-14)11-16(22)12-20-10-15(13-21)17-4-2-3-5-18(17)20/h2-5,10,13-14,16,22H,6-9,11-12H2,1H3/t16-/m0/s1. The van der Waals surface area contributed by atoms with Gasteiger partial charge in [0.25, 0.3) is 0 Å². The highest BCUT2D eigenvalue weighted by atomic mass is 16.3. The lowest BCUT2D eigenvalue weighted by molar-refractivity contribution is 0.0809. The highest BCUT2D eigenvalue weighted by Gasteiger charge is 2.19. The lowest BCUT2D eigenvalue weighted by atomic mass is 9.99. The summed E-state index contributed by atoms with van der Waals surface area (Å²) in [5.74, 6) is 0.803. The van der Waals surface area contributed by atoms with Crippen LogP contribution in [0.5, 0.6) is 0 Å². The van der Waals surface area contributed by atoms with E-state index in [-0.39, 0.29) is 0 Å². The van der Waals surface area contributed by atoms with Gasteiger partial charge >= 0.3 is 0 Å². The van der Waals surface area contributed by atoms with E-state index in [0.717, 1.165) is 36.2 Å². The molecule has 4 nitrogen and oxygen atoms in total. The molecule has 0 bridgehead atoms. The quantitative estimate of drug-likeness (QED) is 0.863. The number of aldehydes is 1. The molecule has 0 aliphatic carbocycles. The monoisotopic (exact) mass is 300 g/mol. The molecule has 0 unspecified atom stereocenters. The van der Waals surface area contributed by atoms with E-state index in [1.807, 2.05) is 35.0 Å². The fraction of sp³-hybridized carbons (Fsp3) is 0.500. The first-order valence-corrected chi connectivity index (χ1v) is 8.11. The molecule has 1 aromatic heterocycles. The Bertz CT molecular complexity index is 642. The Morgan fingerprint density at radius 2 is 2.00 bits per heavy atom. The first-order chi connectivity index (χ1) is 10.7. The van der Waals surface area contributed by atoms with E-state index in [0.29, 0.717) is 18.7 Å². The van der Waals surface area contributed by atoms with Crippen molar-refractivity contribution in [3.8, 4) is 0 Å². The normalized spacial score (nSPS) is 18.6. The van der Waals surface area contributed by atoms with Crippen molar-refractivity contribution in [2.45, 2.75) is 32.4 Å². The maximum absolute atomic E-state index is 11.2. The van der Waals surface area contributed by atoms with E-state index in [1.54, 1.807) is 0 Å². The van der Waals surface area contributed by atoms with Crippen LogP contribution in [0.15, 0.2) is 30.5 Å². The molecule has 3 rings (SSSR count). The number of fused-ring (bicyclic) bond motifs is 1. The molecular weight excluding hydrogens is 276 g/mol. The lowest BCUT2D eigenvalue weighted by Gasteiger charge is -2.31. The van der Waals surface area contributed by atoms with Gasteiger partial charge in [0.05, 0.1) is 6.10 Å². The Labute approximate surface area is 131 Å². The number of likely N-dealkylation sites (tertiary alicyclic amines) is 1. The zero-order chi connectivity index (χ0) is 15.5. The van der Waals surface area contributed by atoms with Crippen LogP contribution in [0.3, 0.4) is 0 Å². The van der Waals surface area contributed by atoms with Gasteiger partial charge in [0.2, 0.25) is 0 Å². The Balaban J connectivity index is 1.69. The van der Waals surface area contributed by atoms with Gasteiger partial charge in [-0.05, 0) is 37.9 Å². The summed E-state index contributed by atoms with van der Waals surface area (Å²) in [7, 11) is 0. The van der Waals surface area contributed by atoms with Crippen LogP contribution in [-0.4, -0.2) is 46.6 Å². The number of carbonyl (C=O) groups excluding carboxylic acids is 1. The number of aliphatic hydroxyl groups excluding tert-OH is 1. The Hall–Kier alpha value is -1.65. The number of carbonyl (C=O) groups is 1. The molecule has 0 saturated carbocycles. The number of benzene rings is 1. The molecule has 1 aliphatic heterocycles. The minimum atomic E-state index is -0.413. The molecule has 2 heterocycles. The van der Waals surface area contributed by atoms with Crippen molar-refractivity contribution in [3.63, 3.8) is 0 Å². The van der Waals surface area contributed by atoms with Crippen molar-refractivity contribution in [1.82, 2.24) is 9.47 Å². The van der Waals surface area contributed by atoms with Gasteiger partial charge in [-0.15, -0.1) is 0 Å². The van der Waals surface area contributed by atoms with Crippen LogP contribution in [0.4, 0.5) is 0 Å². The van der Waals surface area contributed by atoms with Gasteiger partial charge in [-0.25, -0.2) is 0 Å². The molecule has 1 fully saturated rings. The summed E-state index contributed by atoms with van der Waals surface area (Å²) in [6.45, 7) is 5.67. The SMILES string of the molecule is CC1CCN(C[C@H](O)Cn2cc(C=O)c3ccccc32)CC1. The Morgan fingerprint density at radius 1 is 1.27 bits per heavy atom. The van der Waals surface area contributed by atoms with Gasteiger partial charge in [0, 0.05) is 35.8 Å². The van der Waals surface area contributed by atoms with Gasteiger partial charge in [-0.1, -0.05) is 25.1 Å². The van der Waals surface area contributed by atoms with Crippen LogP contribution in [0.25, 0.3) is 10.9 Å². The second-order valence-corrected chi connectivity index (χ2v) is 6.51. The van der Waals surface area contributed by atoms with Crippen molar-refractivity contribution >= 4 is 17.2 Å². The third kappa shape index (κ3) is 3.23. The van der Waals surface area contributed by atoms with Crippen LogP contribution in [-0.2, 0) is 6.54 Å². The number of hydrogen-bond donors (Lipinski definition) is 1. The average molecular weight is 300 g/mol. The van der Waals surface area contributed by atoms with Crippen molar-refractivity contribution in [2.24, 2.45) is 5.92 Å². The van der Waals surface area contributed by atoms with Gasteiger partial charge in [0.1, 0.15) is 0 Å². The van der Waals surface area contributed by atoms with E-state index in [4.69, 9.17) is 0 Å². The summed E-state index contributed by atoms with van der Waals surface area (Å²) in [5, 5.41) is 11.4. The zero-order valence-electron chi connectivity index (χ0n) is 13.1. The number of β-amino-alcohol motifs (C(OH)–C–C–N with tert-alkyl or cyclic N) is 1. The smallest absolute Gasteiger partial charge is 0.152 e. The first-order valence-electron chi connectivity index (χ1n) is 8.11. The van der Waals surface area contributed by atoms with Gasteiger partial charge in [-0.3, -0.25) is 4.79 Å². The third-order valence-corrected chi connectivity index (χ3v) is 4.70. The predicted molar refractivity (Wildman–Crippen MR) is 88.2 cm³/mol. The summed E-state index contributed by atoms with van der Waals surface area (Å²) >= 11 is 0. The van der Waals surface area contributed by atoms with E-state index in [1.165, 1.54) is 12.8 Å². The van der Waals surface area contributed by atoms with Crippen molar-refractivity contribution < 1.29 is 9.90 Å². The summed E-state index contributed by atoms with van der Waals surface area (Å²) in [5.41, 5.74) is 1.70. The number of hydrogen-bond acceptors (Lipinski definition) is 3. The largest absolute Gasteiger partial charge is 0.390 e. The van der Waals surface area contributed by atoms with Crippen LogP contribution < -0.4 is 0 Å². The summed E-state index contributed by atoms with van der Waals surface area (Å²) in [6.07, 6.45) is 4.75. The number of piperidine rings is 1. The maximum Gasteiger partial charge on any atom is 0.152 e. The van der Waals surface area contributed by atoms with Crippen molar-refractivity contribution in [2.75, 3.05) is 19.6 Å². The highest BCUT2D eigenvalue weighted by molar-refractivity contribution is 5.97. The van der Waals surface area contributed by atoms with Crippen molar-refractivity contribution in [3.05, 3.63) is 36.0 Å². The molecule has 2 aromatic rings. The molecule has 0 radical (unpaired) electrons. The second kappa shape index (κ2) is 6.63. The van der Waals surface area contributed by atoms with E-state index < -0.39 is 6.10 Å². The topological polar surface area (TPSA) is 45.5 Å². The predicted octanol–water partition coefficient (Wildman–Crippen LogP) is 2.55. The van der Waals surface area contributed by atoms with Crippen LogP contribution in [0.1, 0.15) is 30.1 Å². The Kier molecular flexibility index (Phi) is 4.60. The van der Waals surface area contributed by atoms with E-state index in [2.05, 4.69) is 11.8 Å². The van der Waals surface area contributed by atoms with Gasteiger partial charge in [0.15, 0.2) is 6.29 Å². The molecule has 1 N–H and O–H groups in total. The molecule has 1 atom stereocenters. The third-order valence-electron chi connectivity index (χ3n) is 4.70. The van der Waals surface area contributed by atoms with Crippen LogP contribution >= 0.6 is 0 Å². The minimum absolute atomic E-state index is 0.413. The van der Waals surface area contributed by atoms with Crippen molar-refractivity contribution in [1.29, 1.82) is 0 Å². The van der Waals surface area contributed by atoms with Gasteiger partial charge < -0.3 is 14.6 Å².